The molecule has 0 heterocycles. The number of likely N-dealkylation sites (N-methyl/N-ethyl adjacent to an activating group) is 1. The van der Waals surface area contributed by atoms with Crippen LogP contribution in [-0.4, -0.2) is 39.6 Å². The number of para-hydroxylation sites is 1. The Balaban J connectivity index is 2.00. The normalized spacial score (nSPS) is 15.7. The van der Waals surface area contributed by atoms with Crippen LogP contribution in [0.5, 0.6) is 5.75 Å². The average molecular weight is 285 g/mol. The number of sulfonamides is 1. The fourth-order valence-corrected chi connectivity index (χ4v) is 2.57. The van der Waals surface area contributed by atoms with Crippen LogP contribution < -0.4 is 15.6 Å². The van der Waals surface area contributed by atoms with Gasteiger partial charge in [0.1, 0.15) is 17.3 Å². The van der Waals surface area contributed by atoms with Crippen LogP contribution in [0.1, 0.15) is 12.8 Å². The molecule has 1 aliphatic carbocycles. The topological polar surface area (TPSA) is 98.6 Å². The molecular weight excluding hydrogens is 266 g/mol. The second-order valence-corrected chi connectivity index (χ2v) is 6.30. The Morgan fingerprint density at radius 1 is 1.42 bits per heavy atom. The Kier molecular flexibility index (Phi) is 3.98. The minimum absolute atomic E-state index is 0.0686. The quantitative estimate of drug-likeness (QED) is 0.737. The van der Waals surface area contributed by atoms with E-state index in [1.807, 2.05) is 7.05 Å². The van der Waals surface area contributed by atoms with Crippen LogP contribution in [0.2, 0.25) is 0 Å². The van der Waals surface area contributed by atoms with Crippen molar-refractivity contribution < 1.29 is 13.2 Å². The highest BCUT2D eigenvalue weighted by Gasteiger charge is 2.25. The summed E-state index contributed by atoms with van der Waals surface area (Å²) in [6.45, 7) is 1.25. The number of primary sulfonamides is 1. The van der Waals surface area contributed by atoms with Gasteiger partial charge in [0, 0.05) is 12.6 Å². The maximum absolute atomic E-state index is 11.3. The van der Waals surface area contributed by atoms with Gasteiger partial charge in [-0.15, -0.1) is 0 Å². The summed E-state index contributed by atoms with van der Waals surface area (Å²) in [6, 6.07) is 5.24. The third-order valence-electron chi connectivity index (χ3n) is 3.20. The van der Waals surface area contributed by atoms with E-state index in [2.05, 4.69) is 4.90 Å². The summed E-state index contributed by atoms with van der Waals surface area (Å²) in [6.07, 6.45) is 2.47. The highest BCUT2D eigenvalue weighted by Crippen LogP contribution is 2.28. The molecule has 7 heteroatoms. The molecule has 0 atom stereocenters. The summed E-state index contributed by atoms with van der Waals surface area (Å²) < 4.78 is 28.2. The van der Waals surface area contributed by atoms with Gasteiger partial charge in [-0.3, -0.25) is 0 Å². The van der Waals surface area contributed by atoms with Crippen LogP contribution in [0, 0.1) is 0 Å². The van der Waals surface area contributed by atoms with Gasteiger partial charge in [0.25, 0.3) is 0 Å². The Labute approximate surface area is 113 Å². The Hall–Kier alpha value is -1.31. The second kappa shape index (κ2) is 5.36. The van der Waals surface area contributed by atoms with Gasteiger partial charge in [-0.1, -0.05) is 6.07 Å². The van der Waals surface area contributed by atoms with Gasteiger partial charge in [0.2, 0.25) is 10.0 Å². The van der Waals surface area contributed by atoms with Crippen LogP contribution >= 0.6 is 0 Å². The standard InChI is InChI=1S/C12H19N3O3S/c1-15(9-5-6-9)7-8-18-10-3-2-4-11(12(10)13)19(14,16)17/h2-4,9H,5-8,13H2,1H3,(H2,14,16,17). The summed E-state index contributed by atoms with van der Waals surface area (Å²) in [5, 5.41) is 5.08. The van der Waals surface area contributed by atoms with Crippen molar-refractivity contribution in [3.63, 3.8) is 0 Å². The maximum Gasteiger partial charge on any atom is 0.240 e. The number of anilines is 1. The molecule has 106 valence electrons. The Bertz CT molecular complexity index is 555. The number of hydrogen-bond acceptors (Lipinski definition) is 5. The number of benzene rings is 1. The summed E-state index contributed by atoms with van der Waals surface area (Å²) in [7, 11) is -1.77. The van der Waals surface area contributed by atoms with Crippen molar-refractivity contribution in [1.29, 1.82) is 0 Å². The van der Waals surface area contributed by atoms with Crippen molar-refractivity contribution in [3.8, 4) is 5.75 Å². The van der Waals surface area contributed by atoms with Gasteiger partial charge in [-0.2, -0.15) is 0 Å². The van der Waals surface area contributed by atoms with Crippen molar-refractivity contribution in [1.82, 2.24) is 4.90 Å². The lowest BCUT2D eigenvalue weighted by molar-refractivity contribution is 0.232. The predicted octanol–water partition coefficient (Wildman–Crippen LogP) is 0.389. The smallest absolute Gasteiger partial charge is 0.240 e. The summed E-state index contributed by atoms with van der Waals surface area (Å²) in [4.78, 5) is 2.13. The molecule has 1 fully saturated rings. The van der Waals surface area contributed by atoms with Crippen LogP contribution in [0.4, 0.5) is 5.69 Å². The second-order valence-electron chi connectivity index (χ2n) is 4.77. The Morgan fingerprint density at radius 2 is 2.11 bits per heavy atom. The molecule has 0 spiro atoms. The first kappa shape index (κ1) is 14.1. The fourth-order valence-electron chi connectivity index (χ4n) is 1.90. The van der Waals surface area contributed by atoms with E-state index in [0.717, 1.165) is 6.54 Å². The van der Waals surface area contributed by atoms with Gasteiger partial charge in [-0.25, -0.2) is 13.6 Å². The molecule has 0 unspecified atom stereocenters. The average Bonchev–Trinajstić information content (AvgIpc) is 3.13. The molecule has 4 N–H and O–H groups in total. The minimum Gasteiger partial charge on any atom is -0.490 e. The number of nitrogens with zero attached hydrogens (tertiary/aromatic N) is 1. The monoisotopic (exact) mass is 285 g/mol. The molecule has 0 amide bonds. The van der Waals surface area contributed by atoms with Crippen molar-refractivity contribution in [2.75, 3.05) is 25.9 Å². The number of ether oxygens (including phenoxy) is 1. The van der Waals surface area contributed by atoms with Gasteiger partial charge in [-0.05, 0) is 32.0 Å². The minimum atomic E-state index is -3.82. The number of nitrogen functional groups attached to an aromatic ring is 1. The zero-order valence-electron chi connectivity index (χ0n) is 10.9. The molecule has 0 bridgehead atoms. The molecule has 1 aromatic carbocycles. The summed E-state index contributed by atoms with van der Waals surface area (Å²) in [5.74, 6) is 0.357. The van der Waals surface area contributed by atoms with Crippen LogP contribution in [0.25, 0.3) is 0 Å². The molecule has 0 radical (unpaired) electrons. The van der Waals surface area contributed by atoms with Crippen LogP contribution in [0.15, 0.2) is 23.1 Å². The SMILES string of the molecule is CN(CCOc1cccc(S(N)(=O)=O)c1N)C1CC1. The molecule has 2 rings (SSSR count). The Morgan fingerprint density at radius 3 is 2.68 bits per heavy atom. The first-order valence-corrected chi connectivity index (χ1v) is 7.68. The van der Waals surface area contributed by atoms with Gasteiger partial charge < -0.3 is 15.4 Å². The van der Waals surface area contributed by atoms with Gasteiger partial charge in [0.15, 0.2) is 0 Å². The summed E-state index contributed by atoms with van der Waals surface area (Å²) in [5.41, 5.74) is 5.83. The molecule has 6 nitrogen and oxygen atoms in total. The molecule has 0 saturated heterocycles. The van der Waals surface area contributed by atoms with E-state index in [-0.39, 0.29) is 10.6 Å². The van der Waals surface area contributed by atoms with E-state index in [0.29, 0.717) is 18.4 Å². The molecule has 0 aromatic heterocycles. The van der Waals surface area contributed by atoms with Gasteiger partial charge >= 0.3 is 0 Å². The lowest BCUT2D eigenvalue weighted by Crippen LogP contribution is -2.26. The van der Waals surface area contributed by atoms with Crippen molar-refractivity contribution in [2.24, 2.45) is 5.14 Å². The molecule has 0 aliphatic heterocycles. The first-order valence-electron chi connectivity index (χ1n) is 6.14. The zero-order chi connectivity index (χ0) is 14.0. The zero-order valence-corrected chi connectivity index (χ0v) is 11.7. The number of nitrogens with two attached hydrogens (primary N) is 2. The highest BCUT2D eigenvalue weighted by atomic mass is 32.2. The molecule has 1 aromatic rings. The van der Waals surface area contributed by atoms with E-state index >= 15 is 0 Å². The first-order chi connectivity index (χ1) is 8.89. The van der Waals surface area contributed by atoms with Crippen molar-refractivity contribution in [3.05, 3.63) is 18.2 Å². The van der Waals surface area contributed by atoms with E-state index in [4.69, 9.17) is 15.6 Å². The third-order valence-corrected chi connectivity index (χ3v) is 4.17. The van der Waals surface area contributed by atoms with Crippen molar-refractivity contribution in [2.45, 2.75) is 23.8 Å². The molecule has 1 aliphatic rings. The number of hydrogen-bond donors (Lipinski definition) is 2. The molecule has 19 heavy (non-hydrogen) atoms. The van der Waals surface area contributed by atoms with Crippen molar-refractivity contribution >= 4 is 15.7 Å². The molecule has 1 saturated carbocycles. The lowest BCUT2D eigenvalue weighted by atomic mass is 10.3. The van der Waals surface area contributed by atoms with E-state index < -0.39 is 10.0 Å². The predicted molar refractivity (Wildman–Crippen MR) is 73.4 cm³/mol. The largest absolute Gasteiger partial charge is 0.490 e. The third kappa shape index (κ3) is 3.59. The van der Waals surface area contributed by atoms with E-state index in [1.54, 1.807) is 12.1 Å². The fraction of sp³-hybridized carbons (Fsp3) is 0.500. The van der Waals surface area contributed by atoms with Crippen LogP contribution in [0.3, 0.4) is 0 Å². The molecular formula is C12H19N3O3S. The lowest BCUT2D eigenvalue weighted by Gasteiger charge is -2.17. The highest BCUT2D eigenvalue weighted by molar-refractivity contribution is 7.89. The maximum atomic E-state index is 11.3. The van der Waals surface area contributed by atoms with E-state index in [9.17, 15) is 8.42 Å². The van der Waals surface area contributed by atoms with Crippen LogP contribution in [-0.2, 0) is 10.0 Å². The van der Waals surface area contributed by atoms with Gasteiger partial charge in [0.05, 0.1) is 5.69 Å². The summed E-state index contributed by atoms with van der Waals surface area (Å²) >= 11 is 0. The number of rotatable bonds is 6. The van der Waals surface area contributed by atoms with E-state index in [1.165, 1.54) is 18.9 Å².